The summed E-state index contributed by atoms with van der Waals surface area (Å²) in [6.07, 6.45) is 1.74. The first-order valence-corrected chi connectivity index (χ1v) is 6.84. The van der Waals surface area contributed by atoms with Crippen LogP contribution in [0.1, 0.15) is 17.3 Å². The minimum absolute atomic E-state index is 0.0453. The molecule has 1 heterocycles. The monoisotopic (exact) mass is 290 g/mol. The molecule has 20 heavy (non-hydrogen) atoms. The molecule has 0 aliphatic heterocycles. The molecule has 0 radical (unpaired) electrons. The summed E-state index contributed by atoms with van der Waals surface area (Å²) in [5.41, 5.74) is 0.596. The van der Waals surface area contributed by atoms with Crippen LogP contribution in [-0.2, 0) is 11.3 Å². The van der Waals surface area contributed by atoms with Gasteiger partial charge < -0.3 is 9.30 Å². The molecule has 0 aliphatic rings. The van der Waals surface area contributed by atoms with E-state index in [0.29, 0.717) is 16.1 Å². The topological polar surface area (TPSA) is 60.7 Å². The van der Waals surface area contributed by atoms with Crippen molar-refractivity contribution in [3.8, 4) is 5.75 Å². The van der Waals surface area contributed by atoms with Gasteiger partial charge in [0.1, 0.15) is 5.75 Å². The predicted octanol–water partition coefficient (Wildman–Crippen LogP) is 1.89. The zero-order valence-electron chi connectivity index (χ0n) is 11.2. The summed E-state index contributed by atoms with van der Waals surface area (Å²) in [5.74, 6) is 0.381. The largest absolute Gasteiger partial charge is 0.497 e. The Morgan fingerprint density at radius 2 is 2.00 bits per heavy atom. The standard InChI is InChI=1S/C14H14N2O3S/c1-10(17)15-14-16(7-8-20-14)9-13(18)11-3-5-12(19-2)6-4-11/h3-8H,9H2,1-2H3. The average molecular weight is 290 g/mol. The summed E-state index contributed by atoms with van der Waals surface area (Å²) < 4.78 is 6.72. The van der Waals surface area contributed by atoms with Crippen molar-refractivity contribution in [3.63, 3.8) is 0 Å². The first-order chi connectivity index (χ1) is 9.60. The molecule has 0 atom stereocenters. The molecule has 2 rings (SSSR count). The minimum atomic E-state index is -0.280. The van der Waals surface area contributed by atoms with Crippen LogP contribution in [-0.4, -0.2) is 23.4 Å². The number of ether oxygens (including phenoxy) is 1. The number of benzene rings is 1. The van der Waals surface area contributed by atoms with E-state index in [-0.39, 0.29) is 18.2 Å². The van der Waals surface area contributed by atoms with Gasteiger partial charge in [0.2, 0.25) is 5.91 Å². The zero-order chi connectivity index (χ0) is 14.5. The van der Waals surface area contributed by atoms with Crippen molar-refractivity contribution in [2.75, 3.05) is 7.11 Å². The Labute approximate surface area is 120 Å². The van der Waals surface area contributed by atoms with Crippen LogP contribution in [0, 0.1) is 0 Å². The highest BCUT2D eigenvalue weighted by atomic mass is 32.1. The van der Waals surface area contributed by atoms with Crippen molar-refractivity contribution in [3.05, 3.63) is 46.2 Å². The van der Waals surface area contributed by atoms with E-state index in [1.807, 2.05) is 0 Å². The molecule has 2 aromatic rings. The number of carbonyl (C=O) groups excluding carboxylic acids is 2. The van der Waals surface area contributed by atoms with Gasteiger partial charge in [-0.05, 0) is 24.3 Å². The second-order valence-electron chi connectivity index (χ2n) is 4.10. The molecular formula is C14H14N2O3S. The molecule has 0 fully saturated rings. The van der Waals surface area contributed by atoms with E-state index < -0.39 is 0 Å². The Hall–Kier alpha value is -2.21. The van der Waals surface area contributed by atoms with E-state index in [1.54, 1.807) is 47.5 Å². The van der Waals surface area contributed by atoms with Gasteiger partial charge in [0.05, 0.1) is 13.7 Å². The lowest BCUT2D eigenvalue weighted by molar-refractivity contribution is -0.116. The van der Waals surface area contributed by atoms with Crippen molar-refractivity contribution in [2.24, 2.45) is 4.99 Å². The summed E-state index contributed by atoms with van der Waals surface area (Å²) >= 11 is 1.32. The number of rotatable bonds is 4. The number of hydrogen-bond donors (Lipinski definition) is 0. The molecule has 5 nitrogen and oxygen atoms in total. The quantitative estimate of drug-likeness (QED) is 0.808. The highest BCUT2D eigenvalue weighted by molar-refractivity contribution is 7.07. The van der Waals surface area contributed by atoms with E-state index in [2.05, 4.69) is 4.99 Å². The van der Waals surface area contributed by atoms with Gasteiger partial charge in [-0.3, -0.25) is 9.59 Å². The molecule has 0 N–H and O–H groups in total. The molecule has 0 unspecified atom stereocenters. The molecule has 1 aromatic heterocycles. The van der Waals surface area contributed by atoms with Gasteiger partial charge in [-0.25, -0.2) is 0 Å². The summed E-state index contributed by atoms with van der Waals surface area (Å²) in [4.78, 5) is 27.6. The van der Waals surface area contributed by atoms with Crippen LogP contribution in [0.15, 0.2) is 40.8 Å². The van der Waals surface area contributed by atoms with Crippen molar-refractivity contribution in [1.82, 2.24) is 4.57 Å². The van der Waals surface area contributed by atoms with Gasteiger partial charge >= 0.3 is 0 Å². The molecule has 0 saturated carbocycles. The molecule has 104 valence electrons. The lowest BCUT2D eigenvalue weighted by atomic mass is 10.1. The Morgan fingerprint density at radius 1 is 1.30 bits per heavy atom. The van der Waals surface area contributed by atoms with Crippen molar-refractivity contribution >= 4 is 23.0 Å². The van der Waals surface area contributed by atoms with Crippen LogP contribution in [0.4, 0.5) is 0 Å². The Balaban J connectivity index is 2.19. The second kappa shape index (κ2) is 6.29. The fraction of sp³-hybridized carbons (Fsp3) is 0.214. The lowest BCUT2D eigenvalue weighted by Gasteiger charge is -2.04. The number of Topliss-reactive ketones (excluding diaryl/α,β-unsaturated/α-hetero) is 1. The highest BCUT2D eigenvalue weighted by Gasteiger charge is 2.08. The number of amides is 1. The molecule has 0 bridgehead atoms. The predicted molar refractivity (Wildman–Crippen MR) is 75.9 cm³/mol. The number of methoxy groups -OCH3 is 1. The lowest BCUT2D eigenvalue weighted by Crippen LogP contribution is -2.20. The SMILES string of the molecule is COc1ccc(C(=O)Cn2ccsc2=NC(C)=O)cc1. The third kappa shape index (κ3) is 3.42. The highest BCUT2D eigenvalue weighted by Crippen LogP contribution is 2.12. The number of thiazole rings is 1. The number of aromatic nitrogens is 1. The van der Waals surface area contributed by atoms with Crippen LogP contribution >= 0.6 is 11.3 Å². The molecule has 6 heteroatoms. The molecule has 1 amide bonds. The summed E-state index contributed by atoms with van der Waals surface area (Å²) in [7, 11) is 1.58. The van der Waals surface area contributed by atoms with Crippen molar-refractivity contribution in [2.45, 2.75) is 13.5 Å². The van der Waals surface area contributed by atoms with E-state index in [0.717, 1.165) is 0 Å². The van der Waals surface area contributed by atoms with E-state index >= 15 is 0 Å². The fourth-order valence-electron chi connectivity index (χ4n) is 1.66. The van der Waals surface area contributed by atoms with E-state index in [1.165, 1.54) is 18.3 Å². The molecule has 0 aliphatic carbocycles. The van der Waals surface area contributed by atoms with Crippen molar-refractivity contribution in [1.29, 1.82) is 0 Å². The van der Waals surface area contributed by atoms with Crippen molar-refractivity contribution < 1.29 is 14.3 Å². The third-order valence-electron chi connectivity index (χ3n) is 2.64. The number of carbonyl (C=O) groups is 2. The van der Waals surface area contributed by atoms with Gasteiger partial charge in [0.25, 0.3) is 0 Å². The van der Waals surface area contributed by atoms with Gasteiger partial charge in [0.15, 0.2) is 10.6 Å². The van der Waals surface area contributed by atoms with Crippen LogP contribution < -0.4 is 9.54 Å². The molecule has 1 aromatic carbocycles. The summed E-state index contributed by atoms with van der Waals surface area (Å²) in [6, 6.07) is 6.92. The van der Waals surface area contributed by atoms with Gasteiger partial charge in [-0.2, -0.15) is 4.99 Å². The maximum absolute atomic E-state index is 12.2. The zero-order valence-corrected chi connectivity index (χ0v) is 12.0. The molecular weight excluding hydrogens is 276 g/mol. The Morgan fingerprint density at radius 3 is 2.60 bits per heavy atom. The molecule has 0 spiro atoms. The smallest absolute Gasteiger partial charge is 0.245 e. The average Bonchev–Trinajstić information content (AvgIpc) is 2.85. The van der Waals surface area contributed by atoms with Gasteiger partial charge in [-0.15, -0.1) is 11.3 Å². The van der Waals surface area contributed by atoms with Crippen LogP contribution in [0.25, 0.3) is 0 Å². The Kier molecular flexibility index (Phi) is 4.47. The summed E-state index contributed by atoms with van der Waals surface area (Å²) in [6.45, 7) is 1.54. The third-order valence-corrected chi connectivity index (χ3v) is 3.43. The first-order valence-electron chi connectivity index (χ1n) is 5.96. The number of nitrogens with zero attached hydrogens (tertiary/aromatic N) is 2. The summed E-state index contributed by atoms with van der Waals surface area (Å²) in [5, 5.41) is 1.79. The molecule has 0 saturated heterocycles. The number of hydrogen-bond acceptors (Lipinski definition) is 4. The maximum Gasteiger partial charge on any atom is 0.245 e. The minimum Gasteiger partial charge on any atom is -0.497 e. The van der Waals surface area contributed by atoms with Crippen LogP contribution in [0.3, 0.4) is 0 Å². The second-order valence-corrected chi connectivity index (χ2v) is 4.97. The number of ketones is 1. The fourth-order valence-corrected chi connectivity index (χ4v) is 2.44. The van der Waals surface area contributed by atoms with E-state index in [9.17, 15) is 9.59 Å². The van der Waals surface area contributed by atoms with Crippen LogP contribution in [0.2, 0.25) is 0 Å². The van der Waals surface area contributed by atoms with Crippen LogP contribution in [0.5, 0.6) is 5.75 Å². The first kappa shape index (κ1) is 14.2. The van der Waals surface area contributed by atoms with E-state index in [4.69, 9.17) is 4.74 Å². The van der Waals surface area contributed by atoms with Gasteiger partial charge in [0, 0.05) is 24.1 Å². The maximum atomic E-state index is 12.2. The van der Waals surface area contributed by atoms with Gasteiger partial charge in [-0.1, -0.05) is 0 Å². The Bertz CT molecular complexity index is 683. The normalized spacial score (nSPS) is 11.4.